The highest BCUT2D eigenvalue weighted by Crippen LogP contribution is 2.33. The molecular formula is C14H9ClN2O2S. The Kier molecular flexibility index (Phi) is 3.38. The molecule has 0 aliphatic rings. The first-order valence-corrected chi connectivity index (χ1v) is 6.97. The summed E-state index contributed by atoms with van der Waals surface area (Å²) in [5, 5.41) is 11.8. The molecule has 0 atom stereocenters. The molecule has 0 saturated carbocycles. The first-order valence-electron chi connectivity index (χ1n) is 5.78. The van der Waals surface area contributed by atoms with Crippen LogP contribution in [0.5, 0.6) is 0 Å². The van der Waals surface area contributed by atoms with Crippen molar-refractivity contribution in [2.75, 3.05) is 0 Å². The number of rotatable bonds is 3. The maximum Gasteiger partial charge on any atom is 0.337 e. The Labute approximate surface area is 123 Å². The SMILES string of the molecule is O=C(O)c1cnc(Sc2cc3ccccc3[nH]2)c(Cl)c1. The average molecular weight is 305 g/mol. The van der Waals surface area contributed by atoms with Gasteiger partial charge in [-0.1, -0.05) is 41.6 Å². The Morgan fingerprint density at radius 1 is 1.30 bits per heavy atom. The average Bonchev–Trinajstić information content (AvgIpc) is 2.83. The van der Waals surface area contributed by atoms with Gasteiger partial charge in [-0.05, 0) is 18.2 Å². The van der Waals surface area contributed by atoms with E-state index in [1.54, 1.807) is 0 Å². The zero-order chi connectivity index (χ0) is 14.1. The summed E-state index contributed by atoms with van der Waals surface area (Å²) < 4.78 is 0. The number of nitrogens with one attached hydrogen (secondary N) is 1. The van der Waals surface area contributed by atoms with E-state index >= 15 is 0 Å². The number of pyridine rings is 1. The molecule has 1 aromatic carbocycles. The second-order valence-electron chi connectivity index (χ2n) is 4.14. The highest BCUT2D eigenvalue weighted by Gasteiger charge is 2.11. The van der Waals surface area contributed by atoms with Crippen LogP contribution in [0.15, 0.2) is 52.6 Å². The second kappa shape index (κ2) is 5.19. The molecule has 100 valence electrons. The van der Waals surface area contributed by atoms with Crippen molar-refractivity contribution in [3.8, 4) is 0 Å². The van der Waals surface area contributed by atoms with Crippen molar-refractivity contribution >= 4 is 40.2 Å². The molecule has 0 radical (unpaired) electrons. The van der Waals surface area contributed by atoms with E-state index in [2.05, 4.69) is 9.97 Å². The van der Waals surface area contributed by atoms with E-state index in [-0.39, 0.29) is 5.56 Å². The van der Waals surface area contributed by atoms with Gasteiger partial charge in [-0.15, -0.1) is 0 Å². The predicted octanol–water partition coefficient (Wildman–Crippen LogP) is 4.07. The number of hydrogen-bond acceptors (Lipinski definition) is 3. The number of carboxylic acids is 1. The summed E-state index contributed by atoms with van der Waals surface area (Å²) in [6.07, 6.45) is 1.30. The molecule has 0 amide bonds. The third-order valence-electron chi connectivity index (χ3n) is 2.77. The van der Waals surface area contributed by atoms with Crippen molar-refractivity contribution in [2.24, 2.45) is 0 Å². The molecule has 2 heterocycles. The van der Waals surface area contributed by atoms with Gasteiger partial charge in [-0.2, -0.15) is 0 Å². The summed E-state index contributed by atoms with van der Waals surface area (Å²) in [5.41, 5.74) is 1.12. The van der Waals surface area contributed by atoms with Crippen LogP contribution in [0.2, 0.25) is 5.02 Å². The maximum atomic E-state index is 10.8. The molecule has 0 fully saturated rings. The zero-order valence-corrected chi connectivity index (χ0v) is 11.7. The van der Waals surface area contributed by atoms with Crippen molar-refractivity contribution < 1.29 is 9.90 Å². The number of carbonyl (C=O) groups is 1. The summed E-state index contributed by atoms with van der Waals surface area (Å²) in [4.78, 5) is 18.2. The largest absolute Gasteiger partial charge is 0.478 e. The molecule has 3 aromatic rings. The summed E-state index contributed by atoms with van der Waals surface area (Å²) in [6, 6.07) is 11.3. The summed E-state index contributed by atoms with van der Waals surface area (Å²) in [7, 11) is 0. The Balaban J connectivity index is 1.92. The third-order valence-corrected chi connectivity index (χ3v) is 4.12. The van der Waals surface area contributed by atoms with Gasteiger partial charge in [0.15, 0.2) is 0 Å². The van der Waals surface area contributed by atoms with Gasteiger partial charge in [0, 0.05) is 17.1 Å². The van der Waals surface area contributed by atoms with Crippen LogP contribution in [0.1, 0.15) is 10.4 Å². The molecule has 0 aliphatic carbocycles. The summed E-state index contributed by atoms with van der Waals surface area (Å²) in [5.74, 6) is -1.04. The van der Waals surface area contributed by atoms with Gasteiger partial charge in [0.05, 0.1) is 15.6 Å². The maximum absolute atomic E-state index is 10.8. The normalized spacial score (nSPS) is 10.8. The van der Waals surface area contributed by atoms with Crippen LogP contribution in [0.4, 0.5) is 0 Å². The third kappa shape index (κ3) is 2.50. The number of benzene rings is 1. The van der Waals surface area contributed by atoms with Gasteiger partial charge in [0.1, 0.15) is 5.03 Å². The van der Waals surface area contributed by atoms with E-state index in [0.29, 0.717) is 10.0 Å². The van der Waals surface area contributed by atoms with Crippen LogP contribution < -0.4 is 0 Å². The summed E-state index contributed by atoms with van der Waals surface area (Å²) >= 11 is 7.43. The second-order valence-corrected chi connectivity index (χ2v) is 5.58. The lowest BCUT2D eigenvalue weighted by Crippen LogP contribution is -1.97. The number of aromatic amines is 1. The molecule has 2 aromatic heterocycles. The molecule has 0 bridgehead atoms. The Hall–Kier alpha value is -1.98. The Morgan fingerprint density at radius 3 is 2.80 bits per heavy atom. The van der Waals surface area contributed by atoms with Crippen molar-refractivity contribution in [1.29, 1.82) is 0 Å². The number of para-hydroxylation sites is 1. The fraction of sp³-hybridized carbons (Fsp3) is 0. The molecule has 0 saturated heterocycles. The molecule has 0 spiro atoms. The molecule has 0 unspecified atom stereocenters. The van der Waals surface area contributed by atoms with Gasteiger partial charge in [-0.3, -0.25) is 0 Å². The van der Waals surface area contributed by atoms with Crippen LogP contribution in [0.25, 0.3) is 10.9 Å². The molecule has 4 nitrogen and oxygen atoms in total. The molecular weight excluding hydrogens is 296 g/mol. The monoisotopic (exact) mass is 304 g/mol. The van der Waals surface area contributed by atoms with E-state index in [1.165, 1.54) is 24.0 Å². The van der Waals surface area contributed by atoms with Gasteiger partial charge in [0.25, 0.3) is 0 Å². The van der Waals surface area contributed by atoms with Crippen molar-refractivity contribution in [3.63, 3.8) is 0 Å². The van der Waals surface area contributed by atoms with E-state index in [0.717, 1.165) is 15.9 Å². The van der Waals surface area contributed by atoms with Crippen LogP contribution in [-0.2, 0) is 0 Å². The molecule has 6 heteroatoms. The molecule has 0 aliphatic heterocycles. The number of nitrogens with zero attached hydrogens (tertiary/aromatic N) is 1. The molecule has 20 heavy (non-hydrogen) atoms. The van der Waals surface area contributed by atoms with E-state index in [1.807, 2.05) is 30.3 Å². The number of aromatic carboxylic acids is 1. The number of halogens is 1. The van der Waals surface area contributed by atoms with E-state index in [4.69, 9.17) is 16.7 Å². The topological polar surface area (TPSA) is 66.0 Å². The van der Waals surface area contributed by atoms with E-state index < -0.39 is 5.97 Å². The fourth-order valence-electron chi connectivity index (χ4n) is 1.82. The number of carboxylic acid groups (broad SMARTS) is 1. The van der Waals surface area contributed by atoms with Crippen LogP contribution in [-0.4, -0.2) is 21.0 Å². The lowest BCUT2D eigenvalue weighted by Gasteiger charge is -2.02. The lowest BCUT2D eigenvalue weighted by atomic mass is 10.3. The smallest absolute Gasteiger partial charge is 0.337 e. The minimum atomic E-state index is -1.04. The Morgan fingerprint density at radius 2 is 2.10 bits per heavy atom. The van der Waals surface area contributed by atoms with Crippen molar-refractivity contribution in [1.82, 2.24) is 9.97 Å². The Bertz CT molecular complexity index is 768. The van der Waals surface area contributed by atoms with Gasteiger partial charge >= 0.3 is 5.97 Å². The number of H-pyrrole nitrogens is 1. The number of fused-ring (bicyclic) bond motifs is 1. The van der Waals surface area contributed by atoms with Crippen LogP contribution >= 0.6 is 23.4 Å². The highest BCUT2D eigenvalue weighted by molar-refractivity contribution is 7.99. The van der Waals surface area contributed by atoms with Crippen molar-refractivity contribution in [3.05, 3.63) is 53.2 Å². The molecule has 3 rings (SSSR count). The van der Waals surface area contributed by atoms with Crippen LogP contribution in [0, 0.1) is 0 Å². The van der Waals surface area contributed by atoms with Crippen molar-refractivity contribution in [2.45, 2.75) is 10.1 Å². The first-order chi connectivity index (χ1) is 9.63. The summed E-state index contributed by atoms with van der Waals surface area (Å²) in [6.45, 7) is 0. The quantitative estimate of drug-likeness (QED) is 0.765. The highest BCUT2D eigenvalue weighted by atomic mass is 35.5. The number of hydrogen-bond donors (Lipinski definition) is 2. The molecule has 2 N–H and O–H groups in total. The minimum absolute atomic E-state index is 0.0796. The lowest BCUT2D eigenvalue weighted by molar-refractivity contribution is 0.0696. The van der Waals surface area contributed by atoms with Crippen LogP contribution in [0.3, 0.4) is 0 Å². The zero-order valence-electron chi connectivity index (χ0n) is 10.1. The number of aromatic nitrogens is 2. The minimum Gasteiger partial charge on any atom is -0.478 e. The van der Waals surface area contributed by atoms with Gasteiger partial charge < -0.3 is 10.1 Å². The van der Waals surface area contributed by atoms with Gasteiger partial charge in [0.2, 0.25) is 0 Å². The van der Waals surface area contributed by atoms with Gasteiger partial charge in [-0.25, -0.2) is 9.78 Å². The standard InChI is InChI=1S/C14H9ClN2O2S/c15-10-5-9(14(18)19)7-16-13(10)20-12-6-8-3-1-2-4-11(8)17-12/h1-7,17H,(H,18,19). The fourth-order valence-corrected chi connectivity index (χ4v) is 2.92. The van der Waals surface area contributed by atoms with E-state index in [9.17, 15) is 4.79 Å². The predicted molar refractivity (Wildman–Crippen MR) is 78.6 cm³/mol. The first kappa shape index (κ1) is 13.0.